The van der Waals surface area contributed by atoms with E-state index < -0.39 is 0 Å². The fraction of sp³-hybridized carbons (Fsp3) is 0.519. The van der Waals surface area contributed by atoms with Crippen LogP contribution in [0.15, 0.2) is 36.4 Å². The van der Waals surface area contributed by atoms with Crippen molar-refractivity contribution in [2.75, 3.05) is 24.7 Å². The van der Waals surface area contributed by atoms with Gasteiger partial charge in [0.25, 0.3) is 0 Å². The van der Waals surface area contributed by atoms with Crippen LogP contribution in [0.4, 0.5) is 5.69 Å². The molecular formula is C27H37NO3. The molecule has 0 bridgehead atoms. The summed E-state index contributed by atoms with van der Waals surface area (Å²) in [4.78, 5) is 13.5. The van der Waals surface area contributed by atoms with Crippen molar-refractivity contribution < 1.29 is 14.3 Å². The molecule has 0 aliphatic carbocycles. The van der Waals surface area contributed by atoms with E-state index >= 15 is 0 Å². The van der Waals surface area contributed by atoms with Crippen molar-refractivity contribution in [3.63, 3.8) is 0 Å². The second kappa shape index (κ2) is 11.2. The van der Waals surface area contributed by atoms with Crippen molar-refractivity contribution in [1.29, 1.82) is 0 Å². The molecule has 0 fully saturated rings. The quantitative estimate of drug-likeness (QED) is 0.317. The van der Waals surface area contributed by atoms with E-state index in [0.29, 0.717) is 18.8 Å². The number of hydrogen-bond acceptors (Lipinski definition) is 4. The maximum Gasteiger partial charge on any atom is 0.150 e. The molecule has 31 heavy (non-hydrogen) atoms. The van der Waals surface area contributed by atoms with Crippen LogP contribution in [0.5, 0.6) is 11.5 Å². The maximum absolute atomic E-state index is 11.2. The van der Waals surface area contributed by atoms with Gasteiger partial charge in [0.05, 0.1) is 18.3 Å². The van der Waals surface area contributed by atoms with E-state index in [-0.39, 0.29) is 6.04 Å². The number of anilines is 1. The van der Waals surface area contributed by atoms with E-state index in [1.807, 2.05) is 19.1 Å². The van der Waals surface area contributed by atoms with Gasteiger partial charge in [-0.25, -0.2) is 0 Å². The molecule has 0 saturated carbocycles. The third-order valence-corrected chi connectivity index (χ3v) is 6.07. The highest BCUT2D eigenvalue weighted by Gasteiger charge is 2.25. The monoisotopic (exact) mass is 423 g/mol. The molecule has 2 aromatic carbocycles. The molecule has 0 saturated heterocycles. The zero-order valence-corrected chi connectivity index (χ0v) is 19.5. The molecule has 0 radical (unpaired) electrons. The van der Waals surface area contributed by atoms with Crippen LogP contribution in [0.2, 0.25) is 0 Å². The number of aldehydes is 1. The van der Waals surface area contributed by atoms with Crippen LogP contribution in [-0.2, 0) is 6.42 Å². The summed E-state index contributed by atoms with van der Waals surface area (Å²) in [6.07, 6.45) is 7.26. The van der Waals surface area contributed by atoms with Gasteiger partial charge in [-0.1, -0.05) is 45.2 Å². The Hall–Kier alpha value is -2.49. The highest BCUT2D eigenvalue weighted by Crippen LogP contribution is 2.35. The Labute approximate surface area is 187 Å². The molecule has 2 aromatic rings. The van der Waals surface area contributed by atoms with Gasteiger partial charge < -0.3 is 14.4 Å². The predicted molar refractivity (Wildman–Crippen MR) is 128 cm³/mol. The highest BCUT2D eigenvalue weighted by molar-refractivity contribution is 5.81. The molecule has 168 valence electrons. The Morgan fingerprint density at radius 2 is 1.94 bits per heavy atom. The minimum atomic E-state index is 0.260. The first-order chi connectivity index (χ1) is 15.0. The van der Waals surface area contributed by atoms with E-state index in [4.69, 9.17) is 9.47 Å². The van der Waals surface area contributed by atoms with E-state index in [1.54, 1.807) is 0 Å². The number of benzene rings is 2. The smallest absolute Gasteiger partial charge is 0.150 e. The fourth-order valence-electron chi connectivity index (χ4n) is 4.11. The standard InChI is InChI=1S/C27H37NO3/c1-20(2)8-6-5-7-9-23-10-12-25(13-11-23)30-15-14-28-22(4)19-31-27-17-24(18-29)21(3)16-26(27)28/h10-13,16-18,20,22H,5-9,14-15,19H2,1-4H3. The minimum absolute atomic E-state index is 0.260. The van der Waals surface area contributed by atoms with E-state index in [0.717, 1.165) is 47.9 Å². The zero-order chi connectivity index (χ0) is 22.2. The van der Waals surface area contributed by atoms with Crippen molar-refractivity contribution in [3.8, 4) is 11.5 Å². The number of hydrogen-bond donors (Lipinski definition) is 0. The average Bonchev–Trinajstić information content (AvgIpc) is 2.75. The first-order valence-corrected chi connectivity index (χ1v) is 11.7. The van der Waals surface area contributed by atoms with Crippen molar-refractivity contribution in [2.24, 2.45) is 5.92 Å². The summed E-state index contributed by atoms with van der Waals surface area (Å²) in [5, 5.41) is 0. The van der Waals surface area contributed by atoms with Gasteiger partial charge in [-0.15, -0.1) is 0 Å². The summed E-state index contributed by atoms with van der Waals surface area (Å²) >= 11 is 0. The number of carbonyl (C=O) groups is 1. The van der Waals surface area contributed by atoms with Crippen molar-refractivity contribution in [3.05, 3.63) is 53.1 Å². The summed E-state index contributed by atoms with van der Waals surface area (Å²) in [5.41, 5.74) is 4.08. The number of unbranched alkanes of at least 4 members (excludes halogenated alkanes) is 2. The van der Waals surface area contributed by atoms with E-state index in [2.05, 4.69) is 49.9 Å². The summed E-state index contributed by atoms with van der Waals surface area (Å²) in [5.74, 6) is 2.50. The van der Waals surface area contributed by atoms with Crippen LogP contribution >= 0.6 is 0 Å². The van der Waals surface area contributed by atoms with Gasteiger partial charge in [0.15, 0.2) is 0 Å². The molecule has 0 spiro atoms. The Bertz CT molecular complexity index is 844. The Morgan fingerprint density at radius 1 is 1.16 bits per heavy atom. The van der Waals surface area contributed by atoms with Gasteiger partial charge in [-0.05, 0) is 68.0 Å². The molecule has 0 amide bonds. The lowest BCUT2D eigenvalue weighted by Gasteiger charge is -2.37. The van der Waals surface area contributed by atoms with Crippen LogP contribution in [0, 0.1) is 12.8 Å². The van der Waals surface area contributed by atoms with Crippen molar-refractivity contribution >= 4 is 12.0 Å². The lowest BCUT2D eigenvalue weighted by Crippen LogP contribution is -2.43. The summed E-state index contributed by atoms with van der Waals surface area (Å²) in [6.45, 7) is 10.7. The molecule has 1 unspecified atom stereocenters. The van der Waals surface area contributed by atoms with Gasteiger partial charge >= 0.3 is 0 Å². The summed E-state index contributed by atoms with van der Waals surface area (Å²) in [6, 6.07) is 12.7. The van der Waals surface area contributed by atoms with Crippen molar-refractivity contribution in [2.45, 2.75) is 65.8 Å². The maximum atomic E-state index is 11.2. The van der Waals surface area contributed by atoms with Crippen LogP contribution in [0.25, 0.3) is 0 Å². The number of carbonyl (C=O) groups excluding carboxylic acids is 1. The molecule has 1 aliphatic heterocycles. The molecule has 0 aromatic heterocycles. The first-order valence-electron chi connectivity index (χ1n) is 11.7. The van der Waals surface area contributed by atoms with Crippen LogP contribution in [-0.4, -0.2) is 32.1 Å². The number of nitrogens with zero attached hydrogens (tertiary/aromatic N) is 1. The van der Waals surface area contributed by atoms with Gasteiger partial charge in [-0.2, -0.15) is 0 Å². The Balaban J connectivity index is 1.49. The van der Waals surface area contributed by atoms with Crippen LogP contribution in [0.3, 0.4) is 0 Å². The lowest BCUT2D eigenvalue weighted by atomic mass is 10.0. The second-order valence-corrected chi connectivity index (χ2v) is 9.13. The number of ether oxygens (including phenoxy) is 2. The summed E-state index contributed by atoms with van der Waals surface area (Å²) in [7, 11) is 0. The number of aryl methyl sites for hydroxylation is 2. The SMILES string of the molecule is Cc1cc2c(cc1C=O)OCC(C)N2CCOc1ccc(CCCCCC(C)C)cc1. The topological polar surface area (TPSA) is 38.8 Å². The van der Waals surface area contributed by atoms with Crippen LogP contribution < -0.4 is 14.4 Å². The largest absolute Gasteiger partial charge is 0.492 e. The lowest BCUT2D eigenvalue weighted by molar-refractivity contribution is 0.112. The molecule has 3 rings (SSSR count). The van der Waals surface area contributed by atoms with E-state index in [9.17, 15) is 4.79 Å². The van der Waals surface area contributed by atoms with Gasteiger partial charge in [0.1, 0.15) is 31.0 Å². The normalized spacial score (nSPS) is 15.5. The predicted octanol–water partition coefficient (Wildman–Crippen LogP) is 6.23. The van der Waals surface area contributed by atoms with Gasteiger partial charge in [0.2, 0.25) is 0 Å². The molecular weight excluding hydrogens is 386 g/mol. The highest BCUT2D eigenvalue weighted by atomic mass is 16.5. The Kier molecular flexibility index (Phi) is 8.39. The molecule has 4 nitrogen and oxygen atoms in total. The van der Waals surface area contributed by atoms with E-state index in [1.165, 1.54) is 31.2 Å². The minimum Gasteiger partial charge on any atom is -0.492 e. The number of fused-ring (bicyclic) bond motifs is 1. The molecule has 1 heterocycles. The molecule has 0 N–H and O–H groups in total. The third kappa shape index (κ3) is 6.49. The second-order valence-electron chi connectivity index (χ2n) is 9.13. The first kappa shape index (κ1) is 23.2. The fourth-order valence-corrected chi connectivity index (χ4v) is 4.11. The third-order valence-electron chi connectivity index (χ3n) is 6.07. The number of rotatable bonds is 11. The van der Waals surface area contributed by atoms with Crippen LogP contribution in [0.1, 0.15) is 67.9 Å². The molecule has 1 atom stereocenters. The van der Waals surface area contributed by atoms with Gasteiger partial charge in [-0.3, -0.25) is 4.79 Å². The average molecular weight is 424 g/mol. The van der Waals surface area contributed by atoms with Gasteiger partial charge in [0, 0.05) is 5.56 Å². The van der Waals surface area contributed by atoms with Crippen molar-refractivity contribution in [1.82, 2.24) is 0 Å². The molecule has 4 heteroatoms. The zero-order valence-electron chi connectivity index (χ0n) is 19.5. The molecule has 1 aliphatic rings. The summed E-state index contributed by atoms with van der Waals surface area (Å²) < 4.78 is 11.9. The Morgan fingerprint density at radius 3 is 2.65 bits per heavy atom.